The highest BCUT2D eigenvalue weighted by molar-refractivity contribution is 9.10. The van der Waals surface area contributed by atoms with Crippen LogP contribution in [0.25, 0.3) is 0 Å². The first-order valence-corrected chi connectivity index (χ1v) is 8.53. The molecule has 1 aliphatic carbocycles. The van der Waals surface area contributed by atoms with Gasteiger partial charge in [-0.1, -0.05) is 46.4 Å². The minimum atomic E-state index is -0.0279. The highest BCUT2D eigenvalue weighted by atomic mass is 79.9. The zero-order valence-electron chi connectivity index (χ0n) is 12.2. The van der Waals surface area contributed by atoms with Crippen molar-refractivity contribution in [2.75, 3.05) is 13.7 Å². The summed E-state index contributed by atoms with van der Waals surface area (Å²) >= 11 is 9.82. The average Bonchev–Trinajstić information content (AvgIpc) is 2.88. The van der Waals surface area contributed by atoms with E-state index in [-0.39, 0.29) is 5.60 Å². The van der Waals surface area contributed by atoms with Gasteiger partial charge in [0.2, 0.25) is 0 Å². The molecule has 0 spiro atoms. The van der Waals surface area contributed by atoms with Gasteiger partial charge < -0.3 is 10.1 Å². The molecule has 1 saturated carbocycles. The van der Waals surface area contributed by atoms with Crippen LogP contribution in [0.1, 0.15) is 38.2 Å². The fraction of sp³-hybridized carbons (Fsp3) is 0.625. The van der Waals surface area contributed by atoms with Crippen LogP contribution in [0.5, 0.6) is 0 Å². The van der Waals surface area contributed by atoms with Gasteiger partial charge in [-0.05, 0) is 50.9 Å². The van der Waals surface area contributed by atoms with Crippen LogP contribution >= 0.6 is 27.5 Å². The summed E-state index contributed by atoms with van der Waals surface area (Å²) in [5.41, 5.74) is 1.15. The Kier molecular flexibility index (Phi) is 5.91. The quantitative estimate of drug-likeness (QED) is 0.801. The fourth-order valence-electron chi connectivity index (χ4n) is 3.31. The monoisotopic (exact) mass is 359 g/mol. The summed E-state index contributed by atoms with van der Waals surface area (Å²) in [7, 11) is 2.02. The van der Waals surface area contributed by atoms with Crippen molar-refractivity contribution in [3.8, 4) is 0 Å². The van der Waals surface area contributed by atoms with Crippen LogP contribution in [-0.4, -0.2) is 25.3 Å². The summed E-state index contributed by atoms with van der Waals surface area (Å²) in [6.45, 7) is 2.85. The lowest BCUT2D eigenvalue weighted by molar-refractivity contribution is -0.0597. The zero-order valence-corrected chi connectivity index (χ0v) is 14.6. The first-order valence-electron chi connectivity index (χ1n) is 7.36. The lowest BCUT2D eigenvalue weighted by Gasteiger charge is -2.37. The molecular formula is C16H23BrClNO. The van der Waals surface area contributed by atoms with Gasteiger partial charge in [0.05, 0.1) is 5.60 Å². The summed E-state index contributed by atoms with van der Waals surface area (Å²) in [5, 5.41) is 4.29. The lowest BCUT2D eigenvalue weighted by atomic mass is 9.87. The van der Waals surface area contributed by atoms with Crippen LogP contribution in [0.15, 0.2) is 22.7 Å². The molecule has 0 aliphatic heterocycles. The van der Waals surface area contributed by atoms with Gasteiger partial charge in [0, 0.05) is 22.1 Å². The maximum absolute atomic E-state index is 6.36. The predicted molar refractivity (Wildman–Crippen MR) is 88.5 cm³/mol. The minimum absolute atomic E-state index is 0.0279. The summed E-state index contributed by atoms with van der Waals surface area (Å²) in [5.74, 6) is 0. The Balaban J connectivity index is 2.18. The molecule has 2 rings (SSSR count). The van der Waals surface area contributed by atoms with Crippen molar-refractivity contribution in [3.05, 3.63) is 33.3 Å². The molecule has 0 aromatic heterocycles. The van der Waals surface area contributed by atoms with Gasteiger partial charge in [-0.25, -0.2) is 0 Å². The van der Waals surface area contributed by atoms with Crippen molar-refractivity contribution in [1.82, 2.24) is 5.32 Å². The minimum Gasteiger partial charge on any atom is -0.374 e. The molecule has 1 atom stereocenters. The van der Waals surface area contributed by atoms with Crippen molar-refractivity contribution in [1.29, 1.82) is 0 Å². The Hall–Kier alpha value is -0.0900. The number of rotatable bonds is 6. The van der Waals surface area contributed by atoms with Gasteiger partial charge in [-0.3, -0.25) is 0 Å². The SMILES string of the molecule is CCOC1(C(Cc2ccc(Br)cc2Cl)NC)CCCC1. The molecule has 0 amide bonds. The largest absolute Gasteiger partial charge is 0.374 e. The van der Waals surface area contributed by atoms with E-state index in [1.54, 1.807) is 0 Å². The van der Waals surface area contributed by atoms with Crippen LogP contribution in [-0.2, 0) is 11.2 Å². The predicted octanol–water partition coefficient (Wildman–Crippen LogP) is 4.58. The van der Waals surface area contributed by atoms with E-state index >= 15 is 0 Å². The van der Waals surface area contributed by atoms with Crippen LogP contribution in [0.2, 0.25) is 5.02 Å². The molecular weight excluding hydrogens is 338 g/mol. The maximum atomic E-state index is 6.36. The molecule has 112 valence electrons. The van der Waals surface area contributed by atoms with Crippen molar-refractivity contribution in [2.24, 2.45) is 0 Å². The van der Waals surface area contributed by atoms with Gasteiger partial charge in [0.25, 0.3) is 0 Å². The van der Waals surface area contributed by atoms with Gasteiger partial charge in [-0.2, -0.15) is 0 Å². The molecule has 4 heteroatoms. The third kappa shape index (κ3) is 3.56. The molecule has 20 heavy (non-hydrogen) atoms. The van der Waals surface area contributed by atoms with Crippen LogP contribution < -0.4 is 5.32 Å². The van der Waals surface area contributed by atoms with Gasteiger partial charge in [-0.15, -0.1) is 0 Å². The van der Waals surface area contributed by atoms with Gasteiger partial charge in [0.1, 0.15) is 0 Å². The summed E-state index contributed by atoms with van der Waals surface area (Å²) in [4.78, 5) is 0. The van der Waals surface area contributed by atoms with E-state index in [1.165, 1.54) is 18.4 Å². The van der Waals surface area contributed by atoms with E-state index < -0.39 is 0 Å². The molecule has 1 aromatic carbocycles. The molecule has 0 radical (unpaired) electrons. The summed E-state index contributed by atoms with van der Waals surface area (Å²) in [6.07, 6.45) is 5.70. The van der Waals surface area contributed by atoms with Crippen molar-refractivity contribution in [3.63, 3.8) is 0 Å². The second-order valence-corrected chi connectivity index (χ2v) is 6.81. The third-order valence-electron chi connectivity index (χ3n) is 4.30. The number of hydrogen-bond donors (Lipinski definition) is 1. The smallest absolute Gasteiger partial charge is 0.0837 e. The number of ether oxygens (including phenoxy) is 1. The molecule has 1 unspecified atom stereocenters. The Bertz CT molecular complexity index is 446. The van der Waals surface area contributed by atoms with E-state index in [0.717, 1.165) is 35.4 Å². The molecule has 0 heterocycles. The number of hydrogen-bond acceptors (Lipinski definition) is 2. The molecule has 1 fully saturated rings. The summed E-state index contributed by atoms with van der Waals surface area (Å²) in [6, 6.07) is 6.43. The third-order valence-corrected chi connectivity index (χ3v) is 5.15. The maximum Gasteiger partial charge on any atom is 0.0837 e. The topological polar surface area (TPSA) is 21.3 Å². The molecule has 2 nitrogen and oxygen atoms in total. The van der Waals surface area contributed by atoms with Gasteiger partial charge in [0.15, 0.2) is 0 Å². The Morgan fingerprint density at radius 2 is 2.10 bits per heavy atom. The first kappa shape index (κ1) is 16.3. The number of benzene rings is 1. The lowest BCUT2D eigenvalue weighted by Crippen LogP contribution is -2.51. The van der Waals surface area contributed by atoms with E-state index in [2.05, 4.69) is 40.3 Å². The average molecular weight is 361 g/mol. The standard InChI is InChI=1S/C16H23BrClNO/c1-3-20-16(8-4-5-9-16)15(19-2)10-12-6-7-13(17)11-14(12)18/h6-7,11,15,19H,3-5,8-10H2,1-2H3. The highest BCUT2D eigenvalue weighted by Gasteiger charge is 2.41. The molecule has 1 aliphatic rings. The Labute approximate surface area is 135 Å². The molecule has 0 bridgehead atoms. The Morgan fingerprint density at radius 3 is 2.65 bits per heavy atom. The molecule has 0 saturated heterocycles. The van der Waals surface area contributed by atoms with Crippen LogP contribution in [0, 0.1) is 0 Å². The van der Waals surface area contributed by atoms with E-state index in [9.17, 15) is 0 Å². The summed E-state index contributed by atoms with van der Waals surface area (Å²) < 4.78 is 7.19. The fourth-order valence-corrected chi connectivity index (χ4v) is 4.06. The normalized spacial score (nSPS) is 19.2. The molecule has 1 N–H and O–H groups in total. The van der Waals surface area contributed by atoms with E-state index in [4.69, 9.17) is 16.3 Å². The number of nitrogens with one attached hydrogen (secondary N) is 1. The molecule has 1 aromatic rings. The number of likely N-dealkylation sites (N-methyl/N-ethyl adjacent to an activating group) is 1. The van der Waals surface area contributed by atoms with Crippen molar-refractivity contribution in [2.45, 2.75) is 50.7 Å². The van der Waals surface area contributed by atoms with E-state index in [1.807, 2.05) is 13.1 Å². The van der Waals surface area contributed by atoms with Crippen LogP contribution in [0.3, 0.4) is 0 Å². The van der Waals surface area contributed by atoms with Crippen molar-refractivity contribution < 1.29 is 4.74 Å². The number of halogens is 2. The van der Waals surface area contributed by atoms with E-state index in [0.29, 0.717) is 6.04 Å². The second-order valence-electron chi connectivity index (χ2n) is 5.49. The first-order chi connectivity index (χ1) is 9.61. The van der Waals surface area contributed by atoms with Crippen molar-refractivity contribution >= 4 is 27.5 Å². The van der Waals surface area contributed by atoms with Crippen LogP contribution in [0.4, 0.5) is 0 Å². The van der Waals surface area contributed by atoms with Gasteiger partial charge >= 0.3 is 0 Å². The zero-order chi connectivity index (χ0) is 14.6. The Morgan fingerprint density at radius 1 is 1.40 bits per heavy atom. The highest BCUT2D eigenvalue weighted by Crippen LogP contribution is 2.38. The second kappa shape index (κ2) is 7.26.